The summed E-state index contributed by atoms with van der Waals surface area (Å²) < 4.78 is 13.3. The van der Waals surface area contributed by atoms with Gasteiger partial charge in [-0.15, -0.1) is 0 Å². The number of aromatic nitrogens is 2. The molecule has 0 fully saturated rings. The zero-order valence-corrected chi connectivity index (χ0v) is 12.0. The van der Waals surface area contributed by atoms with Crippen LogP contribution in [0.25, 0.3) is 0 Å². The van der Waals surface area contributed by atoms with Gasteiger partial charge in [0.05, 0.1) is 15.0 Å². The number of nitrogens with zero attached hydrogens (tertiary/aromatic N) is 3. The molecule has 0 bridgehead atoms. The minimum absolute atomic E-state index is 0.0387. The third kappa shape index (κ3) is 3.11. The van der Waals surface area contributed by atoms with Crippen molar-refractivity contribution < 1.29 is 9.31 Å². The highest BCUT2D eigenvalue weighted by Crippen LogP contribution is 2.33. The van der Waals surface area contributed by atoms with Crippen molar-refractivity contribution in [2.24, 2.45) is 0 Å². The highest BCUT2D eigenvalue weighted by molar-refractivity contribution is 6.35. The molecule has 1 aromatic heterocycles. The maximum absolute atomic E-state index is 13.3. The molecule has 0 unspecified atom stereocenters. The Hall–Kier alpha value is -2.19. The summed E-state index contributed by atoms with van der Waals surface area (Å²) >= 11 is 11.3. The van der Waals surface area contributed by atoms with E-state index in [9.17, 15) is 14.5 Å². The van der Waals surface area contributed by atoms with Crippen LogP contribution in [0.2, 0.25) is 10.0 Å². The van der Waals surface area contributed by atoms with Crippen molar-refractivity contribution in [3.63, 3.8) is 0 Å². The van der Waals surface area contributed by atoms with Crippen LogP contribution in [0.3, 0.4) is 0 Å². The quantitative estimate of drug-likeness (QED) is 0.505. The van der Waals surface area contributed by atoms with E-state index < -0.39 is 10.7 Å². The molecule has 1 heterocycles. The van der Waals surface area contributed by atoms with E-state index in [0.717, 1.165) is 6.33 Å². The lowest BCUT2D eigenvalue weighted by Gasteiger charge is -2.09. The number of halogens is 3. The minimum atomic E-state index is -0.767. The van der Waals surface area contributed by atoms with E-state index >= 15 is 0 Å². The number of rotatable bonds is 4. The van der Waals surface area contributed by atoms with Crippen molar-refractivity contribution in [3.8, 4) is 0 Å². The Morgan fingerprint density at radius 3 is 2.33 bits per heavy atom. The zero-order valence-electron chi connectivity index (χ0n) is 10.5. The van der Waals surface area contributed by atoms with E-state index in [2.05, 4.69) is 20.6 Å². The number of hydrogen-bond acceptors (Lipinski definition) is 6. The van der Waals surface area contributed by atoms with Gasteiger partial charge >= 0.3 is 5.69 Å². The van der Waals surface area contributed by atoms with E-state index in [4.69, 9.17) is 23.2 Å². The smallest absolute Gasteiger partial charge is 0.353 e. The molecule has 2 rings (SSSR count). The van der Waals surface area contributed by atoms with E-state index in [1.165, 1.54) is 19.2 Å². The SMILES string of the molecule is CNc1ncnc(Nc2cc(Cl)c(F)c(Cl)c2)c1[N+](=O)[O-]. The second-order valence-electron chi connectivity index (χ2n) is 3.81. The van der Waals surface area contributed by atoms with E-state index in [1.807, 2.05) is 0 Å². The Labute approximate surface area is 128 Å². The second kappa shape index (κ2) is 6.06. The highest BCUT2D eigenvalue weighted by atomic mass is 35.5. The largest absolute Gasteiger partial charge is 0.367 e. The van der Waals surface area contributed by atoms with Crippen LogP contribution in [0.5, 0.6) is 0 Å². The van der Waals surface area contributed by atoms with Gasteiger partial charge in [-0.25, -0.2) is 14.4 Å². The van der Waals surface area contributed by atoms with Gasteiger partial charge < -0.3 is 10.6 Å². The van der Waals surface area contributed by atoms with Gasteiger partial charge in [-0.3, -0.25) is 10.1 Å². The molecule has 2 N–H and O–H groups in total. The average molecular weight is 332 g/mol. The van der Waals surface area contributed by atoms with Crippen molar-refractivity contribution in [2.45, 2.75) is 0 Å². The fourth-order valence-electron chi connectivity index (χ4n) is 1.59. The Kier molecular flexibility index (Phi) is 4.39. The van der Waals surface area contributed by atoms with Gasteiger partial charge in [-0.2, -0.15) is 0 Å². The maximum Gasteiger partial charge on any atom is 0.353 e. The summed E-state index contributed by atoms with van der Waals surface area (Å²) in [5.74, 6) is -0.799. The predicted molar refractivity (Wildman–Crippen MR) is 77.9 cm³/mol. The van der Waals surface area contributed by atoms with Gasteiger partial charge in [0.15, 0.2) is 5.82 Å². The molecule has 0 aliphatic carbocycles. The highest BCUT2D eigenvalue weighted by Gasteiger charge is 2.22. The number of nitro groups is 1. The summed E-state index contributed by atoms with van der Waals surface area (Å²) in [4.78, 5) is 18.0. The van der Waals surface area contributed by atoms with Crippen LogP contribution in [0.1, 0.15) is 0 Å². The molecule has 0 saturated carbocycles. The molecule has 2 aromatic rings. The summed E-state index contributed by atoms with van der Waals surface area (Å²) in [5, 5.41) is 15.9. The Morgan fingerprint density at radius 2 is 1.81 bits per heavy atom. The predicted octanol–water partition coefficient (Wildman–Crippen LogP) is 3.62. The second-order valence-corrected chi connectivity index (χ2v) is 4.62. The number of nitrogens with one attached hydrogen (secondary N) is 2. The van der Waals surface area contributed by atoms with Gasteiger partial charge in [-0.05, 0) is 12.1 Å². The van der Waals surface area contributed by atoms with E-state index in [-0.39, 0.29) is 33.1 Å². The molecule has 0 aliphatic rings. The summed E-state index contributed by atoms with van der Waals surface area (Å²) in [7, 11) is 1.49. The van der Waals surface area contributed by atoms with Gasteiger partial charge in [0, 0.05) is 12.7 Å². The normalized spacial score (nSPS) is 10.3. The topological polar surface area (TPSA) is 93.0 Å². The lowest BCUT2D eigenvalue weighted by molar-refractivity contribution is -0.383. The molecule has 110 valence electrons. The summed E-state index contributed by atoms with van der Waals surface area (Å²) in [6, 6.07) is 2.49. The lowest BCUT2D eigenvalue weighted by atomic mass is 10.3. The van der Waals surface area contributed by atoms with Crippen molar-refractivity contribution in [2.75, 3.05) is 17.7 Å². The van der Waals surface area contributed by atoms with Crippen molar-refractivity contribution in [1.29, 1.82) is 0 Å². The van der Waals surface area contributed by atoms with Crippen LogP contribution < -0.4 is 10.6 Å². The fraction of sp³-hybridized carbons (Fsp3) is 0.0909. The summed E-state index contributed by atoms with van der Waals surface area (Å²) in [5.41, 5.74) is -0.0909. The molecule has 0 spiro atoms. The van der Waals surface area contributed by atoms with Crippen molar-refractivity contribution >= 4 is 46.2 Å². The monoisotopic (exact) mass is 331 g/mol. The molecule has 0 amide bonds. The van der Waals surface area contributed by atoms with Gasteiger partial charge in [-0.1, -0.05) is 23.2 Å². The van der Waals surface area contributed by atoms with Crippen LogP contribution >= 0.6 is 23.2 Å². The molecular formula is C11H8Cl2FN5O2. The number of anilines is 3. The van der Waals surface area contributed by atoms with E-state index in [1.54, 1.807) is 0 Å². The van der Waals surface area contributed by atoms with Gasteiger partial charge in [0.25, 0.3) is 0 Å². The Bertz CT molecular complexity index is 690. The maximum atomic E-state index is 13.3. The van der Waals surface area contributed by atoms with Gasteiger partial charge in [0.2, 0.25) is 11.6 Å². The Balaban J connectivity index is 2.47. The summed E-state index contributed by atoms with van der Waals surface area (Å²) in [6.07, 6.45) is 1.15. The third-order valence-electron chi connectivity index (χ3n) is 2.49. The standard InChI is InChI=1S/C11H8Cl2FN5O2/c1-15-10-9(19(20)21)11(17-4-16-10)18-5-2-6(12)8(14)7(13)3-5/h2-4H,1H3,(H2,15,16,17,18). The van der Waals surface area contributed by atoms with Crippen LogP contribution in [-0.4, -0.2) is 21.9 Å². The zero-order chi connectivity index (χ0) is 15.6. The molecule has 0 radical (unpaired) electrons. The molecule has 1 aromatic carbocycles. The molecular weight excluding hydrogens is 324 g/mol. The van der Waals surface area contributed by atoms with Crippen LogP contribution in [-0.2, 0) is 0 Å². The molecule has 0 aliphatic heterocycles. The van der Waals surface area contributed by atoms with Crippen LogP contribution in [0.15, 0.2) is 18.5 Å². The molecule has 0 saturated heterocycles. The van der Waals surface area contributed by atoms with Crippen LogP contribution in [0.4, 0.5) is 27.4 Å². The number of benzene rings is 1. The first-order valence-corrected chi connectivity index (χ1v) is 6.28. The van der Waals surface area contributed by atoms with Gasteiger partial charge in [0.1, 0.15) is 6.33 Å². The lowest BCUT2D eigenvalue weighted by Crippen LogP contribution is -2.05. The summed E-state index contributed by atoms with van der Waals surface area (Å²) in [6.45, 7) is 0. The van der Waals surface area contributed by atoms with E-state index in [0.29, 0.717) is 0 Å². The minimum Gasteiger partial charge on any atom is -0.367 e. The third-order valence-corrected chi connectivity index (χ3v) is 3.04. The van der Waals surface area contributed by atoms with Crippen LogP contribution in [0, 0.1) is 15.9 Å². The van der Waals surface area contributed by atoms with Crippen molar-refractivity contribution in [3.05, 3.63) is 44.4 Å². The number of hydrogen-bond donors (Lipinski definition) is 2. The first kappa shape index (κ1) is 15.2. The first-order chi connectivity index (χ1) is 9.93. The van der Waals surface area contributed by atoms with Crippen molar-refractivity contribution in [1.82, 2.24) is 9.97 Å². The Morgan fingerprint density at radius 1 is 1.24 bits per heavy atom. The molecule has 21 heavy (non-hydrogen) atoms. The fourth-order valence-corrected chi connectivity index (χ4v) is 2.08. The average Bonchev–Trinajstić information content (AvgIpc) is 2.44. The molecule has 10 heteroatoms. The molecule has 7 nitrogen and oxygen atoms in total. The first-order valence-electron chi connectivity index (χ1n) is 5.52. The molecule has 0 atom stereocenters.